The molecule has 4 nitrogen and oxygen atoms in total. The average molecular weight is 250 g/mol. The predicted octanol–water partition coefficient (Wildman–Crippen LogP) is 2.10. The Morgan fingerprint density at radius 3 is 2.71 bits per heavy atom. The van der Waals surface area contributed by atoms with Crippen molar-refractivity contribution in [1.82, 2.24) is 9.97 Å². The number of halogens is 1. The van der Waals surface area contributed by atoms with Crippen LogP contribution in [0.1, 0.15) is 22.9 Å². The van der Waals surface area contributed by atoms with Crippen molar-refractivity contribution in [3.63, 3.8) is 0 Å². The molecule has 17 heavy (non-hydrogen) atoms. The summed E-state index contributed by atoms with van der Waals surface area (Å²) >= 11 is 5.74. The van der Waals surface area contributed by atoms with Crippen LogP contribution in [-0.2, 0) is 0 Å². The van der Waals surface area contributed by atoms with Crippen LogP contribution >= 0.6 is 11.6 Å². The zero-order valence-corrected chi connectivity index (χ0v) is 10.0. The number of hydrogen-bond donors (Lipinski definition) is 2. The molecule has 5 heteroatoms. The van der Waals surface area contributed by atoms with Crippen LogP contribution in [0.3, 0.4) is 0 Å². The number of aliphatic hydroxyl groups is 1. The summed E-state index contributed by atoms with van der Waals surface area (Å²) in [4.78, 5) is 8.07. The summed E-state index contributed by atoms with van der Waals surface area (Å²) in [5, 5.41) is 10.7. The Kier molecular flexibility index (Phi) is 3.26. The van der Waals surface area contributed by atoms with Crippen molar-refractivity contribution in [1.29, 1.82) is 0 Å². The number of anilines is 1. The highest BCUT2D eigenvalue weighted by Crippen LogP contribution is 2.25. The van der Waals surface area contributed by atoms with E-state index in [0.717, 1.165) is 5.56 Å². The molecule has 0 aliphatic rings. The van der Waals surface area contributed by atoms with Gasteiger partial charge in [-0.15, -0.1) is 0 Å². The monoisotopic (exact) mass is 249 g/mol. The lowest BCUT2D eigenvalue weighted by molar-refractivity contribution is 0.215. The molecule has 3 N–H and O–H groups in total. The van der Waals surface area contributed by atoms with Crippen LogP contribution in [0.25, 0.3) is 0 Å². The van der Waals surface area contributed by atoms with Crippen LogP contribution in [0.5, 0.6) is 0 Å². The van der Waals surface area contributed by atoms with Gasteiger partial charge in [-0.3, -0.25) is 4.98 Å². The van der Waals surface area contributed by atoms with Gasteiger partial charge in [0.2, 0.25) is 0 Å². The number of aryl methyl sites for hydroxylation is 1. The largest absolute Gasteiger partial charge is 0.383 e. The molecule has 0 fully saturated rings. The maximum Gasteiger partial charge on any atom is 0.129 e. The fraction of sp³-hybridized carbons (Fsp3) is 0.167. The van der Waals surface area contributed by atoms with Crippen LogP contribution in [0.2, 0.25) is 5.02 Å². The molecule has 0 bridgehead atoms. The lowest BCUT2D eigenvalue weighted by atomic mass is 10.1. The topological polar surface area (TPSA) is 72.0 Å². The summed E-state index contributed by atoms with van der Waals surface area (Å²) in [6.45, 7) is 1.89. The zero-order valence-electron chi connectivity index (χ0n) is 9.26. The molecule has 0 aromatic carbocycles. The van der Waals surface area contributed by atoms with Crippen LogP contribution in [0.15, 0.2) is 30.6 Å². The van der Waals surface area contributed by atoms with E-state index in [1.807, 2.05) is 6.92 Å². The molecule has 0 saturated heterocycles. The molecule has 2 aromatic rings. The molecule has 0 radical (unpaired) electrons. The highest BCUT2D eigenvalue weighted by molar-refractivity contribution is 6.30. The van der Waals surface area contributed by atoms with Gasteiger partial charge in [0.1, 0.15) is 11.9 Å². The summed E-state index contributed by atoms with van der Waals surface area (Å²) in [6.07, 6.45) is 2.25. The first-order chi connectivity index (χ1) is 8.08. The van der Waals surface area contributed by atoms with Crippen molar-refractivity contribution in [2.75, 3.05) is 5.73 Å². The molecule has 0 spiro atoms. The van der Waals surface area contributed by atoms with Gasteiger partial charge in [-0.1, -0.05) is 11.6 Å². The van der Waals surface area contributed by atoms with E-state index < -0.39 is 6.10 Å². The summed E-state index contributed by atoms with van der Waals surface area (Å²) in [5.74, 6) is 0.305. The summed E-state index contributed by atoms with van der Waals surface area (Å²) < 4.78 is 0. The fourth-order valence-electron chi connectivity index (χ4n) is 1.53. The minimum absolute atomic E-state index is 0.305. The van der Waals surface area contributed by atoms with Gasteiger partial charge >= 0.3 is 0 Å². The van der Waals surface area contributed by atoms with Gasteiger partial charge < -0.3 is 10.8 Å². The Morgan fingerprint density at radius 2 is 2.06 bits per heavy atom. The minimum Gasteiger partial charge on any atom is -0.383 e. The number of aliphatic hydroxyl groups excluding tert-OH is 1. The number of hydrogen-bond acceptors (Lipinski definition) is 4. The molecule has 2 rings (SSSR count). The van der Waals surface area contributed by atoms with Crippen LogP contribution in [-0.4, -0.2) is 15.1 Å². The Balaban J connectivity index is 2.39. The van der Waals surface area contributed by atoms with E-state index in [4.69, 9.17) is 17.3 Å². The van der Waals surface area contributed by atoms with E-state index in [1.54, 1.807) is 24.4 Å². The first-order valence-corrected chi connectivity index (χ1v) is 5.47. The first-order valence-electron chi connectivity index (χ1n) is 5.09. The highest BCUT2D eigenvalue weighted by Gasteiger charge is 2.15. The van der Waals surface area contributed by atoms with Gasteiger partial charge in [0.25, 0.3) is 0 Å². The van der Waals surface area contributed by atoms with E-state index in [1.165, 1.54) is 6.20 Å². The summed E-state index contributed by atoms with van der Waals surface area (Å²) in [6, 6.07) is 5.13. The van der Waals surface area contributed by atoms with Crippen LogP contribution in [0, 0.1) is 6.92 Å². The Hall–Kier alpha value is -1.65. The zero-order chi connectivity index (χ0) is 12.4. The third-order valence-electron chi connectivity index (χ3n) is 2.41. The maximum absolute atomic E-state index is 10.2. The fourth-order valence-corrected chi connectivity index (χ4v) is 1.64. The number of nitrogens with zero attached hydrogens (tertiary/aromatic N) is 2. The van der Waals surface area contributed by atoms with Gasteiger partial charge in [-0.2, -0.15) is 0 Å². The summed E-state index contributed by atoms with van der Waals surface area (Å²) in [5.41, 5.74) is 7.71. The lowest BCUT2D eigenvalue weighted by Gasteiger charge is -2.12. The van der Waals surface area contributed by atoms with Crippen LogP contribution < -0.4 is 5.73 Å². The van der Waals surface area contributed by atoms with Crippen molar-refractivity contribution in [3.05, 3.63) is 52.4 Å². The van der Waals surface area contributed by atoms with E-state index >= 15 is 0 Å². The molecule has 0 saturated carbocycles. The van der Waals surface area contributed by atoms with Gasteiger partial charge in [0, 0.05) is 18.0 Å². The van der Waals surface area contributed by atoms with E-state index in [9.17, 15) is 5.11 Å². The number of aromatic nitrogens is 2. The molecule has 0 aliphatic carbocycles. The van der Waals surface area contributed by atoms with Crippen molar-refractivity contribution < 1.29 is 5.11 Å². The number of rotatable bonds is 2. The maximum atomic E-state index is 10.2. The second kappa shape index (κ2) is 4.69. The third kappa shape index (κ3) is 2.54. The standard InChI is InChI=1S/C12H12ClN3O/c1-7-4-9(12(14)16-5-7)11(17)10-3-2-8(13)6-15-10/h2-6,11,17H,1H3,(H2,14,16). The predicted molar refractivity (Wildman–Crippen MR) is 66.7 cm³/mol. The van der Waals surface area contributed by atoms with E-state index in [0.29, 0.717) is 22.1 Å². The first kappa shape index (κ1) is 11.8. The molecule has 0 amide bonds. The Bertz CT molecular complexity index is 528. The molecule has 0 aliphatic heterocycles. The molecular weight excluding hydrogens is 238 g/mol. The van der Waals surface area contributed by atoms with Crippen molar-refractivity contribution >= 4 is 17.4 Å². The van der Waals surface area contributed by atoms with Crippen molar-refractivity contribution in [2.45, 2.75) is 13.0 Å². The summed E-state index contributed by atoms with van der Waals surface area (Å²) in [7, 11) is 0. The SMILES string of the molecule is Cc1cnc(N)c(C(O)c2ccc(Cl)cn2)c1. The lowest BCUT2D eigenvalue weighted by Crippen LogP contribution is -2.07. The van der Waals surface area contributed by atoms with Gasteiger partial charge in [-0.05, 0) is 30.7 Å². The molecule has 1 atom stereocenters. The molecule has 88 valence electrons. The minimum atomic E-state index is -0.889. The quantitative estimate of drug-likeness (QED) is 0.855. The Labute approximate surface area is 104 Å². The second-order valence-electron chi connectivity index (χ2n) is 3.79. The van der Waals surface area contributed by atoms with Crippen molar-refractivity contribution in [3.8, 4) is 0 Å². The Morgan fingerprint density at radius 1 is 1.29 bits per heavy atom. The smallest absolute Gasteiger partial charge is 0.129 e. The molecule has 2 aromatic heterocycles. The van der Waals surface area contributed by atoms with E-state index in [-0.39, 0.29) is 0 Å². The second-order valence-corrected chi connectivity index (χ2v) is 4.23. The van der Waals surface area contributed by atoms with E-state index in [2.05, 4.69) is 9.97 Å². The molecular formula is C12H12ClN3O. The van der Waals surface area contributed by atoms with Gasteiger partial charge in [0.05, 0.1) is 10.7 Å². The third-order valence-corrected chi connectivity index (χ3v) is 2.63. The molecule has 2 heterocycles. The number of nitrogen functional groups attached to an aromatic ring is 1. The van der Waals surface area contributed by atoms with Gasteiger partial charge in [0.15, 0.2) is 0 Å². The normalized spacial score (nSPS) is 12.4. The number of nitrogens with two attached hydrogens (primary N) is 1. The molecule has 1 unspecified atom stereocenters. The average Bonchev–Trinajstić information content (AvgIpc) is 2.32. The van der Waals surface area contributed by atoms with Crippen LogP contribution in [0.4, 0.5) is 5.82 Å². The highest BCUT2D eigenvalue weighted by atomic mass is 35.5. The van der Waals surface area contributed by atoms with Gasteiger partial charge in [-0.25, -0.2) is 4.98 Å². The van der Waals surface area contributed by atoms with Crippen molar-refractivity contribution in [2.24, 2.45) is 0 Å². The number of pyridine rings is 2.